The predicted octanol–water partition coefficient (Wildman–Crippen LogP) is 2.48. The van der Waals surface area contributed by atoms with Gasteiger partial charge in [-0.3, -0.25) is 0 Å². The standard InChI is InChI=1S/C14H18F3N3S/c1-19-5-2-6-20(8-7-19)10-3-4-11(13(18)21)12(9-10)14(15,16)17/h3-4,9H,2,5-8H2,1H3,(H2,18,21). The fraction of sp³-hybridized carbons (Fsp3) is 0.500. The maximum absolute atomic E-state index is 13.2. The van der Waals surface area contributed by atoms with Crippen LogP contribution in [0.25, 0.3) is 0 Å². The Bertz CT molecular complexity index is 531. The molecule has 0 amide bonds. The normalized spacial score (nSPS) is 17.6. The number of anilines is 1. The quantitative estimate of drug-likeness (QED) is 0.850. The van der Waals surface area contributed by atoms with Crippen LogP contribution in [0.15, 0.2) is 18.2 Å². The Labute approximate surface area is 127 Å². The van der Waals surface area contributed by atoms with E-state index in [1.807, 2.05) is 11.9 Å². The highest BCUT2D eigenvalue weighted by molar-refractivity contribution is 7.80. The molecule has 0 atom stereocenters. The molecule has 3 nitrogen and oxygen atoms in total. The molecular weight excluding hydrogens is 299 g/mol. The molecule has 1 aliphatic heterocycles. The minimum atomic E-state index is -4.46. The van der Waals surface area contributed by atoms with Gasteiger partial charge in [0.1, 0.15) is 4.99 Å². The van der Waals surface area contributed by atoms with E-state index in [1.165, 1.54) is 6.07 Å². The number of likely N-dealkylation sites (N-methyl/N-ethyl adjacent to an activating group) is 1. The van der Waals surface area contributed by atoms with Crippen molar-refractivity contribution < 1.29 is 13.2 Å². The molecule has 1 aromatic rings. The number of nitrogens with two attached hydrogens (primary N) is 1. The molecule has 1 heterocycles. The summed E-state index contributed by atoms with van der Waals surface area (Å²) in [5.41, 5.74) is 5.08. The van der Waals surface area contributed by atoms with Crippen molar-refractivity contribution in [3.8, 4) is 0 Å². The van der Waals surface area contributed by atoms with Gasteiger partial charge in [-0.05, 0) is 38.2 Å². The van der Waals surface area contributed by atoms with Crippen molar-refractivity contribution in [2.24, 2.45) is 5.73 Å². The first-order chi connectivity index (χ1) is 9.79. The second kappa shape index (κ2) is 6.19. The highest BCUT2D eigenvalue weighted by Crippen LogP contribution is 2.34. The van der Waals surface area contributed by atoms with Gasteiger partial charge in [-0.1, -0.05) is 12.2 Å². The van der Waals surface area contributed by atoms with E-state index >= 15 is 0 Å². The molecule has 0 radical (unpaired) electrons. The first-order valence-electron chi connectivity index (χ1n) is 6.73. The summed E-state index contributed by atoms with van der Waals surface area (Å²) in [6.07, 6.45) is -3.54. The topological polar surface area (TPSA) is 32.5 Å². The van der Waals surface area contributed by atoms with Crippen LogP contribution in [0.4, 0.5) is 18.9 Å². The first-order valence-corrected chi connectivity index (χ1v) is 7.14. The molecule has 7 heteroatoms. The molecule has 1 aromatic carbocycles. The van der Waals surface area contributed by atoms with Gasteiger partial charge in [0.2, 0.25) is 0 Å². The maximum Gasteiger partial charge on any atom is 0.417 e. The molecule has 1 fully saturated rings. The Morgan fingerprint density at radius 2 is 1.90 bits per heavy atom. The summed E-state index contributed by atoms with van der Waals surface area (Å²) in [6.45, 7) is 3.24. The van der Waals surface area contributed by atoms with Crippen LogP contribution in [0.5, 0.6) is 0 Å². The third kappa shape index (κ3) is 3.85. The van der Waals surface area contributed by atoms with Gasteiger partial charge in [0.05, 0.1) is 5.56 Å². The van der Waals surface area contributed by atoms with Crippen LogP contribution in [0.3, 0.4) is 0 Å². The number of nitrogens with zero attached hydrogens (tertiary/aromatic N) is 2. The second-order valence-corrected chi connectivity index (χ2v) is 5.68. The number of hydrogen-bond donors (Lipinski definition) is 1. The number of halogens is 3. The zero-order valence-corrected chi connectivity index (χ0v) is 12.6. The van der Waals surface area contributed by atoms with Crippen molar-refractivity contribution in [2.75, 3.05) is 38.1 Å². The Morgan fingerprint density at radius 1 is 1.19 bits per heavy atom. The molecule has 0 aromatic heterocycles. The summed E-state index contributed by atoms with van der Waals surface area (Å²) in [7, 11) is 2.01. The summed E-state index contributed by atoms with van der Waals surface area (Å²) >= 11 is 4.71. The Morgan fingerprint density at radius 3 is 2.52 bits per heavy atom. The van der Waals surface area contributed by atoms with Crippen LogP contribution >= 0.6 is 12.2 Å². The molecule has 21 heavy (non-hydrogen) atoms. The van der Waals surface area contributed by atoms with Crippen LogP contribution in [0.2, 0.25) is 0 Å². The van der Waals surface area contributed by atoms with Crippen LogP contribution < -0.4 is 10.6 Å². The monoisotopic (exact) mass is 317 g/mol. The zero-order valence-electron chi connectivity index (χ0n) is 11.8. The molecule has 0 unspecified atom stereocenters. The molecule has 0 saturated carbocycles. The lowest BCUT2D eigenvalue weighted by Crippen LogP contribution is -2.29. The first kappa shape index (κ1) is 16.0. The molecule has 1 aliphatic rings. The van der Waals surface area contributed by atoms with E-state index in [9.17, 15) is 13.2 Å². The molecular formula is C14H18F3N3S. The second-order valence-electron chi connectivity index (χ2n) is 5.24. The van der Waals surface area contributed by atoms with E-state index in [2.05, 4.69) is 4.90 Å². The van der Waals surface area contributed by atoms with E-state index in [4.69, 9.17) is 18.0 Å². The van der Waals surface area contributed by atoms with Gasteiger partial charge in [-0.15, -0.1) is 0 Å². The van der Waals surface area contributed by atoms with Gasteiger partial charge in [0.15, 0.2) is 0 Å². The minimum Gasteiger partial charge on any atom is -0.389 e. The number of hydrogen-bond acceptors (Lipinski definition) is 3. The van der Waals surface area contributed by atoms with Crippen molar-refractivity contribution in [3.05, 3.63) is 29.3 Å². The molecule has 0 aliphatic carbocycles. The van der Waals surface area contributed by atoms with Crippen molar-refractivity contribution in [2.45, 2.75) is 12.6 Å². The van der Waals surface area contributed by atoms with Gasteiger partial charge >= 0.3 is 6.18 Å². The molecule has 2 N–H and O–H groups in total. The SMILES string of the molecule is CN1CCCN(c2ccc(C(N)=S)c(C(F)(F)F)c2)CC1. The van der Waals surface area contributed by atoms with E-state index in [0.29, 0.717) is 12.2 Å². The average Bonchev–Trinajstić information content (AvgIpc) is 2.62. The Hall–Kier alpha value is -1.34. The lowest BCUT2D eigenvalue weighted by molar-refractivity contribution is -0.137. The molecule has 2 rings (SSSR count). The Balaban J connectivity index is 2.35. The smallest absolute Gasteiger partial charge is 0.389 e. The lowest BCUT2D eigenvalue weighted by Gasteiger charge is -2.24. The average molecular weight is 317 g/mol. The fourth-order valence-corrected chi connectivity index (χ4v) is 2.66. The highest BCUT2D eigenvalue weighted by atomic mass is 32.1. The van der Waals surface area contributed by atoms with E-state index < -0.39 is 11.7 Å². The Kier molecular flexibility index (Phi) is 4.73. The van der Waals surface area contributed by atoms with Crippen molar-refractivity contribution in [1.82, 2.24) is 4.90 Å². The molecule has 1 saturated heterocycles. The summed E-state index contributed by atoms with van der Waals surface area (Å²) < 4.78 is 39.5. The number of thiocarbonyl (C=S) groups is 1. The number of benzene rings is 1. The van der Waals surface area contributed by atoms with Gasteiger partial charge < -0.3 is 15.5 Å². The molecule has 116 valence electrons. The lowest BCUT2D eigenvalue weighted by atomic mass is 10.1. The van der Waals surface area contributed by atoms with Gasteiger partial charge in [0.25, 0.3) is 0 Å². The number of rotatable bonds is 2. The zero-order chi connectivity index (χ0) is 15.6. The number of alkyl halides is 3. The largest absolute Gasteiger partial charge is 0.417 e. The third-order valence-corrected chi connectivity index (χ3v) is 3.88. The highest BCUT2D eigenvalue weighted by Gasteiger charge is 2.34. The summed E-state index contributed by atoms with van der Waals surface area (Å²) in [6, 6.07) is 4.18. The van der Waals surface area contributed by atoms with Crippen molar-refractivity contribution in [1.29, 1.82) is 0 Å². The van der Waals surface area contributed by atoms with E-state index in [0.717, 1.165) is 32.1 Å². The van der Waals surface area contributed by atoms with E-state index in [-0.39, 0.29) is 10.6 Å². The minimum absolute atomic E-state index is 0.117. The van der Waals surface area contributed by atoms with Gasteiger partial charge in [0, 0.05) is 30.9 Å². The van der Waals surface area contributed by atoms with Crippen LogP contribution in [0, 0.1) is 0 Å². The fourth-order valence-electron chi connectivity index (χ4n) is 2.48. The van der Waals surface area contributed by atoms with Gasteiger partial charge in [-0.25, -0.2) is 0 Å². The third-order valence-electron chi connectivity index (χ3n) is 3.66. The van der Waals surface area contributed by atoms with Crippen molar-refractivity contribution in [3.63, 3.8) is 0 Å². The van der Waals surface area contributed by atoms with Crippen LogP contribution in [0.1, 0.15) is 17.5 Å². The predicted molar refractivity (Wildman–Crippen MR) is 81.7 cm³/mol. The summed E-state index contributed by atoms with van der Waals surface area (Å²) in [5.74, 6) is 0. The van der Waals surface area contributed by atoms with Gasteiger partial charge in [-0.2, -0.15) is 13.2 Å². The maximum atomic E-state index is 13.2. The molecule has 0 spiro atoms. The van der Waals surface area contributed by atoms with Crippen LogP contribution in [-0.2, 0) is 6.18 Å². The van der Waals surface area contributed by atoms with Crippen LogP contribution in [-0.4, -0.2) is 43.1 Å². The summed E-state index contributed by atoms with van der Waals surface area (Å²) in [5, 5.41) is 0. The molecule has 0 bridgehead atoms. The summed E-state index contributed by atoms with van der Waals surface area (Å²) in [4.78, 5) is 3.92. The van der Waals surface area contributed by atoms with E-state index in [1.54, 1.807) is 6.07 Å². The van der Waals surface area contributed by atoms with Crippen molar-refractivity contribution >= 4 is 22.9 Å².